The lowest BCUT2D eigenvalue weighted by Gasteiger charge is -2.12. The second kappa shape index (κ2) is 8.01. The number of benzene rings is 1. The third-order valence-corrected chi connectivity index (χ3v) is 3.40. The summed E-state index contributed by atoms with van der Waals surface area (Å²) in [5, 5.41) is 2.81. The van der Waals surface area contributed by atoms with Gasteiger partial charge in [-0.05, 0) is 49.4 Å². The zero-order chi connectivity index (χ0) is 17.5. The minimum Gasteiger partial charge on any atom is -0.484 e. The molecule has 0 radical (unpaired) electrons. The Bertz CT molecular complexity index is 786. The Kier molecular flexibility index (Phi) is 5.31. The van der Waals surface area contributed by atoms with E-state index in [1.54, 1.807) is 48.9 Å². The number of ether oxygens (including phenoxy) is 2. The molecule has 6 heteroatoms. The van der Waals surface area contributed by atoms with E-state index in [4.69, 9.17) is 13.9 Å². The third-order valence-electron chi connectivity index (χ3n) is 3.40. The van der Waals surface area contributed by atoms with Crippen LogP contribution >= 0.6 is 0 Å². The number of carbonyl (C=O) groups excluding carboxylic acids is 1. The molecule has 1 amide bonds. The number of pyridine rings is 1. The highest BCUT2D eigenvalue weighted by Crippen LogP contribution is 2.22. The van der Waals surface area contributed by atoms with E-state index in [0.717, 1.165) is 0 Å². The van der Waals surface area contributed by atoms with Crippen molar-refractivity contribution >= 4 is 5.91 Å². The molecule has 2 heterocycles. The normalized spacial score (nSPS) is 11.6. The summed E-state index contributed by atoms with van der Waals surface area (Å²) in [7, 11) is 0. The quantitative estimate of drug-likeness (QED) is 0.711. The number of hydrogen-bond acceptors (Lipinski definition) is 5. The number of aromatic nitrogens is 1. The average molecular weight is 338 g/mol. The number of nitrogens with one attached hydrogen (secondary N) is 1. The van der Waals surface area contributed by atoms with Crippen LogP contribution in [0, 0.1) is 0 Å². The van der Waals surface area contributed by atoms with Gasteiger partial charge >= 0.3 is 0 Å². The number of nitrogens with zero attached hydrogens (tertiary/aromatic N) is 1. The van der Waals surface area contributed by atoms with Gasteiger partial charge in [-0.1, -0.05) is 6.07 Å². The molecule has 1 aromatic carbocycles. The Balaban J connectivity index is 1.47. The van der Waals surface area contributed by atoms with Gasteiger partial charge in [-0.15, -0.1) is 0 Å². The minimum atomic E-state index is -0.224. The van der Waals surface area contributed by atoms with E-state index in [1.165, 1.54) is 0 Å². The summed E-state index contributed by atoms with van der Waals surface area (Å²) in [6.45, 7) is 1.77. The van der Waals surface area contributed by atoms with Crippen LogP contribution in [0.5, 0.6) is 17.4 Å². The average Bonchev–Trinajstić information content (AvgIpc) is 3.17. The Morgan fingerprint density at radius 1 is 1.12 bits per heavy atom. The van der Waals surface area contributed by atoms with Crippen molar-refractivity contribution in [2.24, 2.45) is 0 Å². The van der Waals surface area contributed by atoms with Crippen molar-refractivity contribution in [1.82, 2.24) is 10.3 Å². The Labute approximate surface area is 145 Å². The monoisotopic (exact) mass is 338 g/mol. The van der Waals surface area contributed by atoms with Crippen molar-refractivity contribution in [3.05, 3.63) is 72.8 Å². The fraction of sp³-hybridized carbons (Fsp3) is 0.158. The van der Waals surface area contributed by atoms with E-state index < -0.39 is 0 Å². The molecule has 128 valence electrons. The number of furan rings is 1. The summed E-state index contributed by atoms with van der Waals surface area (Å²) in [6, 6.07) is 15.8. The van der Waals surface area contributed by atoms with Crippen LogP contribution in [0.3, 0.4) is 0 Å². The maximum Gasteiger partial charge on any atom is 0.258 e. The highest BCUT2D eigenvalue weighted by Gasteiger charge is 2.12. The molecule has 1 atom stereocenters. The van der Waals surface area contributed by atoms with Gasteiger partial charge in [0.2, 0.25) is 5.88 Å². The zero-order valence-electron chi connectivity index (χ0n) is 13.7. The van der Waals surface area contributed by atoms with Crippen LogP contribution in [0.2, 0.25) is 0 Å². The predicted octanol–water partition coefficient (Wildman–Crippen LogP) is 3.72. The van der Waals surface area contributed by atoms with Crippen molar-refractivity contribution in [1.29, 1.82) is 0 Å². The molecule has 0 aliphatic carbocycles. The molecule has 0 aliphatic rings. The first kappa shape index (κ1) is 16.6. The molecule has 0 bridgehead atoms. The lowest BCUT2D eigenvalue weighted by molar-refractivity contribution is -0.123. The lowest BCUT2D eigenvalue weighted by Crippen LogP contribution is -2.31. The molecule has 0 aliphatic heterocycles. The molecule has 0 fully saturated rings. The first-order chi connectivity index (χ1) is 12.2. The van der Waals surface area contributed by atoms with E-state index in [9.17, 15) is 4.79 Å². The minimum absolute atomic E-state index is 0.0779. The molecule has 6 nitrogen and oxygen atoms in total. The van der Waals surface area contributed by atoms with Gasteiger partial charge in [-0.25, -0.2) is 4.98 Å². The van der Waals surface area contributed by atoms with Crippen LogP contribution in [-0.4, -0.2) is 17.5 Å². The van der Waals surface area contributed by atoms with Gasteiger partial charge in [0.15, 0.2) is 6.61 Å². The van der Waals surface area contributed by atoms with E-state index >= 15 is 0 Å². The first-order valence-corrected chi connectivity index (χ1v) is 7.85. The topological polar surface area (TPSA) is 73.6 Å². The Hall–Kier alpha value is -3.28. The van der Waals surface area contributed by atoms with Crippen molar-refractivity contribution in [2.45, 2.75) is 13.0 Å². The van der Waals surface area contributed by atoms with Crippen LogP contribution < -0.4 is 14.8 Å². The van der Waals surface area contributed by atoms with Crippen molar-refractivity contribution < 1.29 is 18.7 Å². The molecule has 25 heavy (non-hydrogen) atoms. The van der Waals surface area contributed by atoms with Crippen molar-refractivity contribution in [3.63, 3.8) is 0 Å². The second-order valence-corrected chi connectivity index (χ2v) is 5.33. The standard InChI is InChI=1S/C19H18N2O4/c1-14(17-5-4-12-23-17)21-18(22)13-24-15-7-9-16(10-8-15)25-19-6-2-3-11-20-19/h2-12,14H,13H2,1H3,(H,21,22)/t14-/m1/s1. The van der Waals surface area contributed by atoms with Crippen LogP contribution in [0.4, 0.5) is 0 Å². The third kappa shape index (κ3) is 4.84. The fourth-order valence-corrected chi connectivity index (χ4v) is 2.17. The summed E-state index contributed by atoms with van der Waals surface area (Å²) >= 11 is 0. The molecule has 0 saturated heterocycles. The summed E-state index contributed by atoms with van der Waals surface area (Å²) in [5.74, 6) is 2.21. The largest absolute Gasteiger partial charge is 0.484 e. The summed E-state index contributed by atoms with van der Waals surface area (Å²) in [5.41, 5.74) is 0. The van der Waals surface area contributed by atoms with Gasteiger partial charge in [0.05, 0.1) is 12.3 Å². The number of carbonyl (C=O) groups is 1. The Morgan fingerprint density at radius 2 is 1.92 bits per heavy atom. The van der Waals surface area contributed by atoms with E-state index in [1.807, 2.05) is 25.1 Å². The number of hydrogen-bond donors (Lipinski definition) is 1. The molecule has 0 saturated carbocycles. The molecule has 1 N–H and O–H groups in total. The summed E-state index contributed by atoms with van der Waals surface area (Å²) in [4.78, 5) is 16.0. The van der Waals surface area contributed by atoms with Gasteiger partial charge in [0, 0.05) is 12.3 Å². The number of amides is 1. The predicted molar refractivity (Wildman–Crippen MR) is 91.5 cm³/mol. The smallest absolute Gasteiger partial charge is 0.258 e. The van der Waals surface area contributed by atoms with Gasteiger partial charge in [-0.2, -0.15) is 0 Å². The van der Waals surface area contributed by atoms with Crippen LogP contribution in [0.1, 0.15) is 18.7 Å². The van der Waals surface area contributed by atoms with Crippen molar-refractivity contribution in [3.8, 4) is 17.4 Å². The van der Waals surface area contributed by atoms with Gasteiger partial charge in [0.1, 0.15) is 17.3 Å². The summed E-state index contributed by atoms with van der Waals surface area (Å²) in [6.07, 6.45) is 3.23. The van der Waals surface area contributed by atoms with Crippen molar-refractivity contribution in [2.75, 3.05) is 6.61 Å². The van der Waals surface area contributed by atoms with Crippen LogP contribution in [-0.2, 0) is 4.79 Å². The highest BCUT2D eigenvalue weighted by molar-refractivity contribution is 5.77. The van der Waals surface area contributed by atoms with Gasteiger partial charge < -0.3 is 19.2 Å². The molecular weight excluding hydrogens is 320 g/mol. The second-order valence-electron chi connectivity index (χ2n) is 5.33. The molecule has 0 unspecified atom stereocenters. The van der Waals surface area contributed by atoms with Gasteiger partial charge in [-0.3, -0.25) is 4.79 Å². The lowest BCUT2D eigenvalue weighted by atomic mass is 10.2. The molecule has 2 aromatic heterocycles. The highest BCUT2D eigenvalue weighted by atomic mass is 16.5. The SMILES string of the molecule is C[C@@H](NC(=O)COc1ccc(Oc2ccccn2)cc1)c1ccco1. The Morgan fingerprint density at radius 3 is 2.60 bits per heavy atom. The molecule has 3 rings (SSSR count). The van der Waals surface area contributed by atoms with Crippen LogP contribution in [0.15, 0.2) is 71.5 Å². The molecule has 3 aromatic rings. The first-order valence-electron chi connectivity index (χ1n) is 7.85. The van der Waals surface area contributed by atoms with Crippen LogP contribution in [0.25, 0.3) is 0 Å². The fourth-order valence-electron chi connectivity index (χ4n) is 2.17. The maximum absolute atomic E-state index is 11.9. The summed E-state index contributed by atoms with van der Waals surface area (Å²) < 4.78 is 16.3. The van der Waals surface area contributed by atoms with E-state index in [0.29, 0.717) is 23.1 Å². The molecular formula is C19H18N2O4. The van der Waals surface area contributed by atoms with Gasteiger partial charge in [0.25, 0.3) is 5.91 Å². The zero-order valence-corrected chi connectivity index (χ0v) is 13.7. The molecule has 0 spiro atoms. The maximum atomic E-state index is 11.9. The number of rotatable bonds is 7. The van der Waals surface area contributed by atoms with E-state index in [2.05, 4.69) is 10.3 Å². The van der Waals surface area contributed by atoms with E-state index in [-0.39, 0.29) is 18.6 Å².